The summed E-state index contributed by atoms with van der Waals surface area (Å²) in [5, 5.41) is 2.80. The van der Waals surface area contributed by atoms with Gasteiger partial charge in [0, 0.05) is 12.8 Å². The van der Waals surface area contributed by atoms with Crippen molar-refractivity contribution < 1.29 is 13.9 Å². The van der Waals surface area contributed by atoms with Crippen LogP contribution in [0.15, 0.2) is 18.2 Å². The van der Waals surface area contributed by atoms with E-state index in [0.717, 1.165) is 19.3 Å². The van der Waals surface area contributed by atoms with E-state index in [1.807, 2.05) is 0 Å². The Kier molecular flexibility index (Phi) is 3.81. The zero-order valence-corrected chi connectivity index (χ0v) is 10.3. The van der Waals surface area contributed by atoms with E-state index in [9.17, 15) is 9.18 Å². The van der Waals surface area contributed by atoms with Gasteiger partial charge in [-0.1, -0.05) is 0 Å². The van der Waals surface area contributed by atoms with Gasteiger partial charge in [0.2, 0.25) is 0 Å². The van der Waals surface area contributed by atoms with E-state index in [0.29, 0.717) is 5.69 Å². The number of rotatable bonds is 3. The summed E-state index contributed by atoms with van der Waals surface area (Å²) in [6.45, 7) is 0. The average molecular weight is 252 g/mol. The number of nitrogen functional groups attached to an aromatic ring is 1. The van der Waals surface area contributed by atoms with E-state index in [1.165, 1.54) is 18.2 Å². The minimum absolute atomic E-state index is 0.0121. The molecule has 1 aromatic rings. The molecule has 1 fully saturated rings. The van der Waals surface area contributed by atoms with Crippen LogP contribution >= 0.6 is 0 Å². The molecule has 2 unspecified atom stereocenters. The van der Waals surface area contributed by atoms with Gasteiger partial charge in [-0.2, -0.15) is 0 Å². The summed E-state index contributed by atoms with van der Waals surface area (Å²) in [5.41, 5.74) is 5.91. The first-order chi connectivity index (χ1) is 8.61. The Morgan fingerprint density at radius 3 is 3.00 bits per heavy atom. The fourth-order valence-corrected chi connectivity index (χ4v) is 2.34. The molecule has 1 saturated carbocycles. The van der Waals surface area contributed by atoms with Gasteiger partial charge in [-0.25, -0.2) is 4.39 Å². The maximum Gasteiger partial charge on any atom is 0.254 e. The Hall–Kier alpha value is -1.62. The first-order valence-corrected chi connectivity index (χ1v) is 6.00. The lowest BCUT2D eigenvalue weighted by Crippen LogP contribution is -2.41. The first-order valence-electron chi connectivity index (χ1n) is 6.00. The molecule has 2 rings (SSSR count). The molecule has 4 nitrogen and oxygen atoms in total. The SMILES string of the molecule is COC1CCCC1NC(=O)c1cc(N)ccc1F. The van der Waals surface area contributed by atoms with Crippen LogP contribution < -0.4 is 11.1 Å². The number of carbonyl (C=O) groups is 1. The van der Waals surface area contributed by atoms with Gasteiger partial charge in [-0.15, -0.1) is 0 Å². The van der Waals surface area contributed by atoms with Crippen LogP contribution in [0, 0.1) is 5.82 Å². The fraction of sp³-hybridized carbons (Fsp3) is 0.462. The van der Waals surface area contributed by atoms with E-state index < -0.39 is 11.7 Å². The molecule has 0 aromatic heterocycles. The van der Waals surface area contributed by atoms with Gasteiger partial charge in [0.1, 0.15) is 5.82 Å². The third-order valence-electron chi connectivity index (χ3n) is 3.31. The van der Waals surface area contributed by atoms with Crippen molar-refractivity contribution in [3.8, 4) is 0 Å². The van der Waals surface area contributed by atoms with Crippen molar-refractivity contribution in [3.05, 3.63) is 29.6 Å². The summed E-state index contributed by atoms with van der Waals surface area (Å²) < 4.78 is 18.8. The van der Waals surface area contributed by atoms with Gasteiger partial charge in [-0.05, 0) is 37.5 Å². The second-order valence-electron chi connectivity index (χ2n) is 4.52. The molecule has 1 aliphatic rings. The van der Waals surface area contributed by atoms with Crippen molar-refractivity contribution >= 4 is 11.6 Å². The van der Waals surface area contributed by atoms with Crippen LogP contribution in [0.25, 0.3) is 0 Å². The summed E-state index contributed by atoms with van der Waals surface area (Å²) in [6, 6.07) is 3.93. The van der Waals surface area contributed by atoms with Crippen molar-refractivity contribution in [2.75, 3.05) is 12.8 Å². The highest BCUT2D eigenvalue weighted by Gasteiger charge is 2.29. The van der Waals surface area contributed by atoms with Gasteiger partial charge in [0.25, 0.3) is 5.91 Å². The van der Waals surface area contributed by atoms with Gasteiger partial charge < -0.3 is 15.8 Å². The molecule has 2 atom stereocenters. The number of benzene rings is 1. The van der Waals surface area contributed by atoms with Crippen LogP contribution in [0.5, 0.6) is 0 Å². The number of hydrogen-bond acceptors (Lipinski definition) is 3. The Bertz CT molecular complexity index is 451. The number of halogens is 1. The van der Waals surface area contributed by atoms with Crippen LogP contribution in [0.4, 0.5) is 10.1 Å². The third-order valence-corrected chi connectivity index (χ3v) is 3.31. The number of nitrogens with one attached hydrogen (secondary N) is 1. The van der Waals surface area contributed by atoms with Crippen LogP contribution in [0.2, 0.25) is 0 Å². The van der Waals surface area contributed by atoms with Gasteiger partial charge in [0.05, 0.1) is 17.7 Å². The molecule has 1 amide bonds. The maximum absolute atomic E-state index is 13.5. The number of anilines is 1. The van der Waals surface area contributed by atoms with Crippen molar-refractivity contribution in [2.24, 2.45) is 0 Å². The van der Waals surface area contributed by atoms with E-state index in [1.54, 1.807) is 7.11 Å². The molecule has 1 aliphatic carbocycles. The number of hydrogen-bond donors (Lipinski definition) is 2. The molecule has 0 aliphatic heterocycles. The fourth-order valence-electron chi connectivity index (χ4n) is 2.34. The van der Waals surface area contributed by atoms with Crippen LogP contribution in [-0.4, -0.2) is 25.2 Å². The number of amides is 1. The zero-order valence-electron chi connectivity index (χ0n) is 10.3. The van der Waals surface area contributed by atoms with Crippen LogP contribution in [0.1, 0.15) is 29.6 Å². The molecular formula is C13H17FN2O2. The first kappa shape index (κ1) is 12.8. The molecule has 18 heavy (non-hydrogen) atoms. The lowest BCUT2D eigenvalue weighted by molar-refractivity contribution is 0.0720. The van der Waals surface area contributed by atoms with Crippen molar-refractivity contribution in [3.63, 3.8) is 0 Å². The summed E-state index contributed by atoms with van der Waals surface area (Å²) in [4.78, 5) is 12.0. The highest BCUT2D eigenvalue weighted by molar-refractivity contribution is 5.95. The highest BCUT2D eigenvalue weighted by atomic mass is 19.1. The molecule has 0 saturated heterocycles. The van der Waals surface area contributed by atoms with Crippen LogP contribution in [0.3, 0.4) is 0 Å². The highest BCUT2D eigenvalue weighted by Crippen LogP contribution is 2.22. The van der Waals surface area contributed by atoms with E-state index in [2.05, 4.69) is 5.32 Å². The molecule has 98 valence electrons. The summed E-state index contributed by atoms with van der Waals surface area (Å²) in [6.07, 6.45) is 2.79. The maximum atomic E-state index is 13.5. The second kappa shape index (κ2) is 5.35. The molecule has 3 N–H and O–H groups in total. The standard InChI is InChI=1S/C13H17FN2O2/c1-18-12-4-2-3-11(12)16-13(17)9-7-8(15)5-6-10(9)14/h5-7,11-12H,2-4,15H2,1H3,(H,16,17). The molecule has 0 bridgehead atoms. The van der Waals surface area contributed by atoms with Gasteiger partial charge >= 0.3 is 0 Å². The minimum Gasteiger partial charge on any atom is -0.399 e. The van der Waals surface area contributed by atoms with Crippen molar-refractivity contribution in [1.82, 2.24) is 5.32 Å². The quantitative estimate of drug-likeness (QED) is 0.805. The Morgan fingerprint density at radius 1 is 1.50 bits per heavy atom. The zero-order chi connectivity index (χ0) is 13.1. The molecule has 0 spiro atoms. The lowest BCUT2D eigenvalue weighted by Gasteiger charge is -2.19. The topological polar surface area (TPSA) is 64.3 Å². The molecule has 0 heterocycles. The normalized spacial score (nSPS) is 23.0. The smallest absolute Gasteiger partial charge is 0.254 e. The monoisotopic (exact) mass is 252 g/mol. The second-order valence-corrected chi connectivity index (χ2v) is 4.52. The number of ether oxygens (including phenoxy) is 1. The largest absolute Gasteiger partial charge is 0.399 e. The average Bonchev–Trinajstić information content (AvgIpc) is 2.79. The van der Waals surface area contributed by atoms with Crippen LogP contribution in [-0.2, 0) is 4.74 Å². The molecular weight excluding hydrogens is 235 g/mol. The Morgan fingerprint density at radius 2 is 2.28 bits per heavy atom. The number of carbonyl (C=O) groups excluding carboxylic acids is 1. The van der Waals surface area contributed by atoms with Crippen molar-refractivity contribution in [1.29, 1.82) is 0 Å². The summed E-state index contributed by atoms with van der Waals surface area (Å²) in [5.74, 6) is -0.998. The van der Waals surface area contributed by atoms with E-state index in [4.69, 9.17) is 10.5 Å². The molecule has 5 heteroatoms. The van der Waals surface area contributed by atoms with Crippen molar-refractivity contribution in [2.45, 2.75) is 31.4 Å². The van der Waals surface area contributed by atoms with Gasteiger partial charge in [-0.3, -0.25) is 4.79 Å². The molecule has 0 radical (unpaired) electrons. The van der Waals surface area contributed by atoms with E-state index >= 15 is 0 Å². The Labute approximate surface area is 105 Å². The predicted octanol–water partition coefficient (Wildman–Crippen LogP) is 1.71. The number of methoxy groups -OCH3 is 1. The molecule has 1 aromatic carbocycles. The lowest BCUT2D eigenvalue weighted by atomic mass is 10.1. The summed E-state index contributed by atoms with van der Waals surface area (Å²) >= 11 is 0. The number of nitrogens with two attached hydrogens (primary N) is 1. The minimum atomic E-state index is -0.561. The Balaban J connectivity index is 2.09. The van der Waals surface area contributed by atoms with Gasteiger partial charge in [0.15, 0.2) is 0 Å². The summed E-state index contributed by atoms with van der Waals surface area (Å²) in [7, 11) is 1.62. The third kappa shape index (κ3) is 2.61. The predicted molar refractivity (Wildman–Crippen MR) is 66.7 cm³/mol. The van der Waals surface area contributed by atoms with E-state index in [-0.39, 0.29) is 17.7 Å².